The van der Waals surface area contributed by atoms with E-state index in [0.29, 0.717) is 58.9 Å². The Kier molecular flexibility index (Phi) is 18.2. The lowest BCUT2D eigenvalue weighted by atomic mass is 10.1. The Labute approximate surface area is 436 Å². The first kappa shape index (κ1) is 58.1. The molecular formula is C51H58ClF6N9O9. The molecule has 76 heavy (non-hydrogen) atoms. The second kappa shape index (κ2) is 23.8. The number of nitrogens with one attached hydrogen (secondary N) is 3. The molecule has 3 aliphatic rings. The van der Waals surface area contributed by atoms with Crippen LogP contribution >= 0.6 is 12.4 Å². The summed E-state index contributed by atoms with van der Waals surface area (Å²) in [6, 6.07) is 3.06. The molecule has 3 atom stereocenters. The van der Waals surface area contributed by atoms with Crippen LogP contribution in [0.25, 0.3) is 32.7 Å². The number of halogens is 7. The molecule has 6 aromatic rings. The highest BCUT2D eigenvalue weighted by molar-refractivity contribution is 5.96. The number of aryl methyl sites for hydroxylation is 3. The van der Waals surface area contributed by atoms with E-state index in [4.69, 9.17) is 15.3 Å². The Morgan fingerprint density at radius 1 is 0.487 bits per heavy atom. The number of aromatic nitrogens is 3. The molecule has 0 saturated carbocycles. The van der Waals surface area contributed by atoms with E-state index >= 15 is 13.2 Å². The van der Waals surface area contributed by atoms with E-state index in [1.54, 1.807) is 35.5 Å². The monoisotopic (exact) mass is 1090 g/mol. The fraction of sp³-hybridized carbons (Fsp3) is 0.412. The van der Waals surface area contributed by atoms with Crippen LogP contribution < -0.4 is 46.9 Å². The highest BCUT2D eigenvalue weighted by Crippen LogP contribution is 2.34. The van der Waals surface area contributed by atoms with Crippen molar-refractivity contribution in [3.05, 3.63) is 119 Å². The molecule has 18 nitrogen and oxygen atoms in total. The maximum Gasteiger partial charge on any atom is 0.341 e. The molecule has 6 N–H and O–H groups in total. The lowest BCUT2D eigenvalue weighted by molar-refractivity contribution is 0.0684. The summed E-state index contributed by atoms with van der Waals surface area (Å²) >= 11 is 0. The zero-order valence-corrected chi connectivity index (χ0v) is 43.1. The van der Waals surface area contributed by atoms with Crippen molar-refractivity contribution in [2.24, 2.45) is 0 Å². The van der Waals surface area contributed by atoms with Gasteiger partial charge in [-0.25, -0.2) is 40.7 Å². The smallest absolute Gasteiger partial charge is 0.341 e. The van der Waals surface area contributed by atoms with E-state index in [-0.39, 0.29) is 99.9 Å². The highest BCUT2D eigenvalue weighted by atomic mass is 35.5. The maximum absolute atomic E-state index is 15.2. The Bertz CT molecular complexity index is 3090. The van der Waals surface area contributed by atoms with Crippen LogP contribution in [0.2, 0.25) is 0 Å². The Balaban J connectivity index is 0.000000184. The third-order valence-corrected chi connectivity index (χ3v) is 13.5. The first-order valence-electron chi connectivity index (χ1n) is 24.3. The molecule has 3 aliphatic heterocycles. The van der Waals surface area contributed by atoms with Crippen LogP contribution in [0.5, 0.6) is 0 Å². The molecule has 0 spiro atoms. The summed E-state index contributed by atoms with van der Waals surface area (Å²) in [4.78, 5) is 75.5. The molecule has 25 heteroatoms. The van der Waals surface area contributed by atoms with Gasteiger partial charge in [0.25, 0.3) is 0 Å². The van der Waals surface area contributed by atoms with Crippen molar-refractivity contribution in [2.75, 3.05) is 73.6 Å². The predicted molar refractivity (Wildman–Crippen MR) is 279 cm³/mol. The molecule has 3 saturated heterocycles. The number of aromatic carboxylic acids is 3. The lowest BCUT2D eigenvalue weighted by Crippen LogP contribution is -2.49. The fourth-order valence-electron chi connectivity index (χ4n) is 9.91. The molecule has 0 aliphatic carbocycles. The minimum atomic E-state index is -1.42. The highest BCUT2D eigenvalue weighted by Gasteiger charge is 2.30. The Morgan fingerprint density at radius 2 is 0.724 bits per heavy atom. The molecule has 3 aromatic carbocycles. The van der Waals surface area contributed by atoms with Crippen LogP contribution in [0.15, 0.2) is 51.2 Å². The Hall–Kier alpha value is -7.15. The second-order valence-corrected chi connectivity index (χ2v) is 18.5. The Morgan fingerprint density at radius 3 is 0.921 bits per heavy atom. The fourth-order valence-corrected chi connectivity index (χ4v) is 9.91. The van der Waals surface area contributed by atoms with E-state index in [2.05, 4.69) is 16.0 Å². The van der Waals surface area contributed by atoms with Crippen molar-refractivity contribution < 1.29 is 56.0 Å². The molecule has 3 aromatic heterocycles. The average Bonchev–Trinajstić information content (AvgIpc) is 3.35. The molecule has 3 fully saturated rings. The molecule has 3 unspecified atom stereocenters. The second-order valence-electron chi connectivity index (χ2n) is 18.5. The van der Waals surface area contributed by atoms with Gasteiger partial charge >= 0.3 is 17.9 Å². The molecule has 0 radical (unpaired) electrons. The van der Waals surface area contributed by atoms with Gasteiger partial charge in [-0.15, -0.1) is 12.4 Å². The van der Waals surface area contributed by atoms with Crippen LogP contribution in [-0.4, -0.2) is 124 Å². The molecule has 6 heterocycles. The number of carbonyl (C=O) groups is 3. The number of hydrogen-bond donors (Lipinski definition) is 6. The number of anilines is 3. The summed E-state index contributed by atoms with van der Waals surface area (Å²) in [6.45, 7) is 16.0. The zero-order valence-electron chi connectivity index (χ0n) is 42.3. The standard InChI is InChI=1S/3C17H19F2N3O3.ClH/c3*1-3-21-8-11(17(24)25)16(23)10-6-12(18)15(13(19)14(10)21)22-5-4-20-9(2)7-22;/h3*6,8-9,20H,3-5,7H2,1-2H3,(H,24,25);1H. The van der Waals surface area contributed by atoms with Crippen molar-refractivity contribution in [1.29, 1.82) is 0 Å². The molecule has 9 rings (SSSR count). The van der Waals surface area contributed by atoms with Gasteiger partial charge in [-0.2, -0.15) is 0 Å². The lowest BCUT2D eigenvalue weighted by Gasteiger charge is -2.34. The number of fused-ring (bicyclic) bond motifs is 3. The minimum Gasteiger partial charge on any atom is -0.477 e. The van der Waals surface area contributed by atoms with Gasteiger partial charge in [-0.05, 0) is 59.7 Å². The number of piperazine rings is 3. The van der Waals surface area contributed by atoms with Crippen molar-refractivity contribution in [3.63, 3.8) is 0 Å². The van der Waals surface area contributed by atoms with E-state index in [0.717, 1.165) is 36.8 Å². The normalized spacial score (nSPS) is 17.7. The SMILES string of the molecule is CCn1cc(C(=O)O)c(=O)c2cc(F)c(N3CCNC(C)C3)c(F)c21.CCn1cc(C(=O)O)c(=O)c2cc(F)c(N3CCNC(C)C3)c(F)c21.CCn1cc(C(=O)O)c(=O)c2cc(F)c(N3CCNC(C)C3)c(F)c21.Cl. The van der Waals surface area contributed by atoms with E-state index < -0.39 is 85.8 Å². The summed E-state index contributed by atoms with van der Waals surface area (Å²) in [6.07, 6.45) is 3.33. The minimum absolute atomic E-state index is 0. The average molecular weight is 1090 g/mol. The summed E-state index contributed by atoms with van der Waals surface area (Å²) in [7, 11) is 0. The van der Waals surface area contributed by atoms with Crippen LogP contribution in [0.4, 0.5) is 43.4 Å². The molecular weight excluding hydrogens is 1030 g/mol. The molecule has 410 valence electrons. The van der Waals surface area contributed by atoms with Crippen molar-refractivity contribution in [2.45, 2.75) is 79.3 Å². The molecule has 0 amide bonds. The van der Waals surface area contributed by atoms with Crippen molar-refractivity contribution >= 4 is 80.1 Å². The van der Waals surface area contributed by atoms with Gasteiger partial charge < -0.3 is 59.7 Å². The number of nitrogens with zero attached hydrogens (tertiary/aromatic N) is 6. The van der Waals surface area contributed by atoms with Crippen LogP contribution in [0, 0.1) is 34.9 Å². The largest absolute Gasteiger partial charge is 0.477 e. The van der Waals surface area contributed by atoms with Gasteiger partial charge in [-0.3, -0.25) is 14.4 Å². The summed E-state index contributed by atoms with van der Waals surface area (Å²) < 4.78 is 93.5. The van der Waals surface area contributed by atoms with Crippen LogP contribution in [0.3, 0.4) is 0 Å². The van der Waals surface area contributed by atoms with Gasteiger partial charge in [0.15, 0.2) is 17.5 Å². The van der Waals surface area contributed by atoms with Crippen LogP contribution in [0.1, 0.15) is 72.6 Å². The number of rotatable bonds is 9. The molecule has 0 bridgehead atoms. The van der Waals surface area contributed by atoms with Gasteiger partial charge in [0, 0.05) is 115 Å². The van der Waals surface area contributed by atoms with E-state index in [1.807, 2.05) is 20.8 Å². The van der Waals surface area contributed by atoms with E-state index in [9.17, 15) is 41.9 Å². The topological polar surface area (TPSA) is 224 Å². The van der Waals surface area contributed by atoms with Gasteiger partial charge in [0.2, 0.25) is 16.3 Å². The first-order chi connectivity index (χ1) is 35.5. The van der Waals surface area contributed by atoms with Crippen molar-refractivity contribution in [1.82, 2.24) is 29.7 Å². The summed E-state index contributed by atoms with van der Waals surface area (Å²) in [5.74, 6) is -9.34. The van der Waals surface area contributed by atoms with Gasteiger partial charge in [0.1, 0.15) is 51.2 Å². The van der Waals surface area contributed by atoms with Crippen LogP contribution in [-0.2, 0) is 19.6 Å². The van der Waals surface area contributed by atoms with Gasteiger partial charge in [-0.1, -0.05) is 0 Å². The number of hydrogen-bond acceptors (Lipinski definition) is 12. The zero-order chi connectivity index (χ0) is 54.9. The summed E-state index contributed by atoms with van der Waals surface area (Å²) in [5.41, 5.74) is -4.90. The summed E-state index contributed by atoms with van der Waals surface area (Å²) in [5, 5.41) is 36.3. The number of benzene rings is 3. The predicted octanol–water partition coefficient (Wildman–Crippen LogP) is 5.81. The number of carboxylic acid groups (broad SMARTS) is 3. The third kappa shape index (κ3) is 11.2. The van der Waals surface area contributed by atoms with Crippen molar-refractivity contribution in [3.8, 4) is 0 Å². The first-order valence-corrected chi connectivity index (χ1v) is 24.3. The number of pyridine rings is 3. The number of carboxylic acids is 3. The quantitative estimate of drug-likeness (QED) is 0.0941. The maximum atomic E-state index is 15.2. The third-order valence-electron chi connectivity index (χ3n) is 13.5. The van der Waals surface area contributed by atoms with E-state index in [1.165, 1.54) is 13.7 Å². The van der Waals surface area contributed by atoms with Gasteiger partial charge in [0.05, 0.1) is 32.7 Å².